The average Bonchev–Trinajstić information content (AvgIpc) is 2.98. The Bertz CT molecular complexity index is 271. The van der Waals surface area contributed by atoms with Crippen LogP contribution in [0.5, 0.6) is 0 Å². The number of hydrogen-bond acceptors (Lipinski definition) is 2. The maximum atomic E-state index is 5.55. The third-order valence-corrected chi connectivity index (χ3v) is 2.48. The largest absolute Gasteiger partial charge is 0.374 e. The third kappa shape index (κ3) is 2.56. The summed E-state index contributed by atoms with van der Waals surface area (Å²) >= 11 is 0. The van der Waals surface area contributed by atoms with E-state index in [4.69, 9.17) is 9.47 Å². The highest BCUT2D eigenvalue weighted by Crippen LogP contribution is 2.25. The summed E-state index contributed by atoms with van der Waals surface area (Å²) in [6.45, 7) is 3.56. The molecule has 0 aromatic heterocycles. The van der Waals surface area contributed by atoms with Gasteiger partial charge in [0.2, 0.25) is 0 Å². The van der Waals surface area contributed by atoms with Crippen molar-refractivity contribution in [2.45, 2.75) is 32.2 Å². The molecule has 1 aliphatic rings. The van der Waals surface area contributed by atoms with Crippen LogP contribution in [0.2, 0.25) is 0 Å². The van der Waals surface area contributed by atoms with Gasteiger partial charge in [0, 0.05) is 0 Å². The van der Waals surface area contributed by atoms with Gasteiger partial charge in [0.1, 0.15) is 6.10 Å². The zero-order valence-electron chi connectivity index (χ0n) is 8.48. The summed E-state index contributed by atoms with van der Waals surface area (Å²) in [5, 5.41) is 0. The summed E-state index contributed by atoms with van der Waals surface area (Å²) < 4.78 is 10.9. The summed E-state index contributed by atoms with van der Waals surface area (Å²) in [6.07, 6.45) is 1.90. The molecule has 0 N–H and O–H groups in total. The second kappa shape index (κ2) is 4.58. The minimum atomic E-state index is 0.351. The molecule has 0 saturated carbocycles. The lowest BCUT2D eigenvalue weighted by Crippen LogP contribution is -2.04. The van der Waals surface area contributed by atoms with Gasteiger partial charge in [0.05, 0.1) is 19.3 Å². The molecule has 1 aromatic rings. The van der Waals surface area contributed by atoms with Crippen molar-refractivity contribution in [2.75, 3.05) is 6.61 Å². The number of ether oxygens (including phenoxy) is 2. The molecule has 2 atom stereocenters. The first-order valence-corrected chi connectivity index (χ1v) is 5.17. The zero-order chi connectivity index (χ0) is 9.80. The van der Waals surface area contributed by atoms with Gasteiger partial charge >= 0.3 is 0 Å². The summed E-state index contributed by atoms with van der Waals surface area (Å²) in [6, 6.07) is 10.2. The molecule has 0 amide bonds. The van der Waals surface area contributed by atoms with E-state index in [1.165, 1.54) is 5.56 Å². The molecule has 0 spiro atoms. The standard InChI is InChI=1S/C12H16O2/c1-2-11-12(14-11)9-13-8-10-6-4-3-5-7-10/h3-7,11-12H,2,8-9H2,1H3/t11?,12-/m0/s1. The number of rotatable bonds is 5. The lowest BCUT2D eigenvalue weighted by molar-refractivity contribution is 0.104. The summed E-state index contributed by atoms with van der Waals surface area (Å²) in [5.41, 5.74) is 1.22. The van der Waals surface area contributed by atoms with E-state index in [0.29, 0.717) is 18.8 Å². The van der Waals surface area contributed by atoms with Gasteiger partial charge in [-0.05, 0) is 12.0 Å². The fraction of sp³-hybridized carbons (Fsp3) is 0.500. The van der Waals surface area contributed by atoms with E-state index in [1.54, 1.807) is 0 Å². The van der Waals surface area contributed by atoms with E-state index >= 15 is 0 Å². The molecule has 0 radical (unpaired) electrons. The second-order valence-corrected chi connectivity index (χ2v) is 3.62. The van der Waals surface area contributed by atoms with Crippen molar-refractivity contribution in [3.8, 4) is 0 Å². The number of epoxide rings is 1. The lowest BCUT2D eigenvalue weighted by atomic mass is 10.2. The van der Waals surface area contributed by atoms with Crippen molar-refractivity contribution in [3.05, 3.63) is 35.9 Å². The molecule has 1 aromatic carbocycles. The zero-order valence-corrected chi connectivity index (χ0v) is 8.48. The Morgan fingerprint density at radius 3 is 2.64 bits per heavy atom. The van der Waals surface area contributed by atoms with Gasteiger partial charge in [-0.3, -0.25) is 0 Å². The van der Waals surface area contributed by atoms with E-state index in [9.17, 15) is 0 Å². The molecule has 1 saturated heterocycles. The van der Waals surface area contributed by atoms with Crippen LogP contribution in [0.4, 0.5) is 0 Å². The third-order valence-electron chi connectivity index (χ3n) is 2.48. The molecule has 1 aliphatic heterocycles. The Morgan fingerprint density at radius 2 is 2.00 bits per heavy atom. The van der Waals surface area contributed by atoms with Gasteiger partial charge < -0.3 is 9.47 Å². The van der Waals surface area contributed by atoms with Gasteiger partial charge in [-0.1, -0.05) is 37.3 Å². The van der Waals surface area contributed by atoms with Crippen LogP contribution in [-0.2, 0) is 16.1 Å². The predicted octanol–water partition coefficient (Wildman–Crippen LogP) is 2.38. The lowest BCUT2D eigenvalue weighted by Gasteiger charge is -2.01. The van der Waals surface area contributed by atoms with E-state index < -0.39 is 0 Å². The molecule has 14 heavy (non-hydrogen) atoms. The van der Waals surface area contributed by atoms with Gasteiger partial charge in [-0.15, -0.1) is 0 Å². The van der Waals surface area contributed by atoms with Crippen LogP contribution in [0.3, 0.4) is 0 Å². The quantitative estimate of drug-likeness (QED) is 0.668. The van der Waals surface area contributed by atoms with E-state index in [1.807, 2.05) is 18.2 Å². The molecule has 1 fully saturated rings. The molecular weight excluding hydrogens is 176 g/mol. The highest BCUT2D eigenvalue weighted by Gasteiger charge is 2.36. The number of benzene rings is 1. The molecule has 0 aliphatic carbocycles. The molecule has 0 bridgehead atoms. The predicted molar refractivity (Wildman–Crippen MR) is 55.1 cm³/mol. The summed E-state index contributed by atoms with van der Waals surface area (Å²) in [4.78, 5) is 0. The van der Waals surface area contributed by atoms with Crippen LogP contribution in [-0.4, -0.2) is 18.8 Å². The molecule has 2 rings (SSSR count). The number of hydrogen-bond donors (Lipinski definition) is 0. The molecule has 1 unspecified atom stereocenters. The summed E-state index contributed by atoms with van der Waals surface area (Å²) in [7, 11) is 0. The Balaban J connectivity index is 1.64. The Morgan fingerprint density at radius 1 is 1.21 bits per heavy atom. The van der Waals surface area contributed by atoms with Gasteiger partial charge in [-0.2, -0.15) is 0 Å². The topological polar surface area (TPSA) is 21.8 Å². The highest BCUT2D eigenvalue weighted by molar-refractivity contribution is 5.13. The molecule has 1 heterocycles. The van der Waals surface area contributed by atoms with Crippen molar-refractivity contribution in [2.24, 2.45) is 0 Å². The first kappa shape index (κ1) is 9.69. The molecule has 76 valence electrons. The van der Waals surface area contributed by atoms with Crippen LogP contribution in [0.25, 0.3) is 0 Å². The highest BCUT2D eigenvalue weighted by atomic mass is 16.6. The fourth-order valence-electron chi connectivity index (χ4n) is 1.55. The second-order valence-electron chi connectivity index (χ2n) is 3.62. The fourth-order valence-corrected chi connectivity index (χ4v) is 1.55. The van der Waals surface area contributed by atoms with Crippen LogP contribution in [0.1, 0.15) is 18.9 Å². The Kier molecular flexibility index (Phi) is 3.17. The Hall–Kier alpha value is -0.860. The van der Waals surface area contributed by atoms with Crippen LogP contribution in [0.15, 0.2) is 30.3 Å². The smallest absolute Gasteiger partial charge is 0.107 e. The monoisotopic (exact) mass is 192 g/mol. The molecule has 2 heteroatoms. The maximum Gasteiger partial charge on any atom is 0.107 e. The van der Waals surface area contributed by atoms with Crippen molar-refractivity contribution in [1.82, 2.24) is 0 Å². The molecule has 2 nitrogen and oxygen atoms in total. The minimum Gasteiger partial charge on any atom is -0.374 e. The maximum absolute atomic E-state index is 5.55. The molecular formula is C12H16O2. The van der Waals surface area contributed by atoms with Gasteiger partial charge in [-0.25, -0.2) is 0 Å². The normalized spacial score (nSPS) is 24.9. The van der Waals surface area contributed by atoms with E-state index in [0.717, 1.165) is 13.0 Å². The summed E-state index contributed by atoms with van der Waals surface area (Å²) in [5.74, 6) is 0. The first-order valence-electron chi connectivity index (χ1n) is 5.17. The Labute approximate surface area is 84.8 Å². The van der Waals surface area contributed by atoms with Crippen molar-refractivity contribution < 1.29 is 9.47 Å². The van der Waals surface area contributed by atoms with E-state index in [2.05, 4.69) is 19.1 Å². The van der Waals surface area contributed by atoms with Crippen LogP contribution >= 0.6 is 0 Å². The van der Waals surface area contributed by atoms with Crippen molar-refractivity contribution in [1.29, 1.82) is 0 Å². The van der Waals surface area contributed by atoms with Gasteiger partial charge in [0.15, 0.2) is 0 Å². The van der Waals surface area contributed by atoms with Crippen LogP contribution < -0.4 is 0 Å². The van der Waals surface area contributed by atoms with Crippen LogP contribution in [0, 0.1) is 0 Å². The first-order chi connectivity index (χ1) is 6.90. The van der Waals surface area contributed by atoms with Crippen molar-refractivity contribution in [3.63, 3.8) is 0 Å². The average molecular weight is 192 g/mol. The SMILES string of the molecule is CCC1O[C@H]1COCc1ccccc1. The van der Waals surface area contributed by atoms with Crippen molar-refractivity contribution >= 4 is 0 Å². The van der Waals surface area contributed by atoms with E-state index in [-0.39, 0.29) is 0 Å². The minimum absolute atomic E-state index is 0.351. The van der Waals surface area contributed by atoms with Gasteiger partial charge in [0.25, 0.3) is 0 Å².